The molecule has 7 nitrogen and oxygen atoms in total. The first-order valence-corrected chi connectivity index (χ1v) is 10.5. The van der Waals surface area contributed by atoms with Gasteiger partial charge < -0.3 is 9.80 Å². The molecule has 0 bridgehead atoms. The highest BCUT2D eigenvalue weighted by Crippen LogP contribution is 2.44. The number of likely N-dealkylation sites (tertiary alicyclic amines) is 1. The number of aryl methyl sites for hydroxylation is 1. The van der Waals surface area contributed by atoms with E-state index in [1.165, 1.54) is 12.8 Å². The van der Waals surface area contributed by atoms with Gasteiger partial charge in [0.2, 0.25) is 11.9 Å². The number of hydrogen-bond donors (Lipinski definition) is 0. The van der Waals surface area contributed by atoms with Gasteiger partial charge in [-0.3, -0.25) is 9.48 Å². The molecule has 1 aliphatic carbocycles. The third-order valence-electron chi connectivity index (χ3n) is 6.44. The van der Waals surface area contributed by atoms with Crippen molar-refractivity contribution < 1.29 is 4.79 Å². The summed E-state index contributed by atoms with van der Waals surface area (Å²) in [4.78, 5) is 26.6. The average Bonchev–Trinajstić information content (AvgIpc) is 3.17. The van der Waals surface area contributed by atoms with E-state index < -0.39 is 0 Å². The van der Waals surface area contributed by atoms with Crippen molar-refractivity contribution in [1.82, 2.24) is 24.6 Å². The molecule has 7 heteroatoms. The van der Waals surface area contributed by atoms with E-state index in [1.54, 1.807) is 0 Å². The van der Waals surface area contributed by atoms with Crippen LogP contribution in [0.4, 0.5) is 5.95 Å². The molecule has 2 aliphatic heterocycles. The SMILES string of the molecule is C[C@@H]1C[C@H]1C(=O)N1CCC[C@H]1c1nn(C)cc1-c1ccnc(N2CCCC2)n1. The van der Waals surface area contributed by atoms with Gasteiger partial charge in [-0.25, -0.2) is 9.97 Å². The Hall–Kier alpha value is -2.44. The summed E-state index contributed by atoms with van der Waals surface area (Å²) in [5, 5.41) is 4.78. The standard InChI is InChI=1S/C21H28N6O/c1-14-12-15(14)20(28)27-11-5-6-18(27)19-16(13-25(2)24-19)17-7-8-22-21(23-17)26-9-3-4-10-26/h7-8,13-15,18H,3-6,9-12H2,1-2H3/t14-,15-,18+/m1/s1. The summed E-state index contributed by atoms with van der Waals surface area (Å²) in [6, 6.07) is 2.02. The molecule has 3 aliphatic rings. The van der Waals surface area contributed by atoms with E-state index in [4.69, 9.17) is 10.1 Å². The summed E-state index contributed by atoms with van der Waals surface area (Å²) in [7, 11) is 1.94. The zero-order valence-electron chi connectivity index (χ0n) is 16.7. The van der Waals surface area contributed by atoms with Crippen LogP contribution in [0.5, 0.6) is 0 Å². The second-order valence-electron chi connectivity index (χ2n) is 8.55. The van der Waals surface area contributed by atoms with Gasteiger partial charge in [0, 0.05) is 50.6 Å². The maximum atomic E-state index is 12.9. The lowest BCUT2D eigenvalue weighted by Gasteiger charge is -2.24. The number of carbonyl (C=O) groups excluding carboxylic acids is 1. The number of anilines is 1. The Kier molecular flexibility index (Phi) is 4.33. The van der Waals surface area contributed by atoms with Gasteiger partial charge in [0.05, 0.1) is 17.4 Å². The number of carbonyl (C=O) groups is 1. The van der Waals surface area contributed by atoms with Crippen molar-refractivity contribution >= 4 is 11.9 Å². The van der Waals surface area contributed by atoms with Gasteiger partial charge in [-0.2, -0.15) is 5.10 Å². The van der Waals surface area contributed by atoms with E-state index in [-0.39, 0.29) is 12.0 Å². The molecule has 5 rings (SSSR count). The first-order chi connectivity index (χ1) is 13.6. The van der Waals surface area contributed by atoms with Gasteiger partial charge in [-0.05, 0) is 44.1 Å². The highest BCUT2D eigenvalue weighted by molar-refractivity contribution is 5.82. The molecule has 0 N–H and O–H groups in total. The number of amides is 1. The minimum Gasteiger partial charge on any atom is -0.341 e. The lowest BCUT2D eigenvalue weighted by Crippen LogP contribution is -2.32. The highest BCUT2D eigenvalue weighted by Gasteiger charge is 2.45. The first-order valence-electron chi connectivity index (χ1n) is 10.5. The lowest BCUT2D eigenvalue weighted by atomic mass is 10.0. The predicted molar refractivity (Wildman–Crippen MR) is 107 cm³/mol. The molecule has 148 valence electrons. The summed E-state index contributed by atoms with van der Waals surface area (Å²) < 4.78 is 1.85. The van der Waals surface area contributed by atoms with Crippen LogP contribution in [0, 0.1) is 11.8 Å². The van der Waals surface area contributed by atoms with Gasteiger partial charge in [-0.1, -0.05) is 6.92 Å². The Morgan fingerprint density at radius 1 is 1.18 bits per heavy atom. The van der Waals surface area contributed by atoms with Crippen molar-refractivity contribution in [3.8, 4) is 11.3 Å². The van der Waals surface area contributed by atoms with Crippen LogP contribution in [0.1, 0.15) is 50.8 Å². The maximum Gasteiger partial charge on any atom is 0.226 e. The molecular weight excluding hydrogens is 352 g/mol. The quantitative estimate of drug-likeness (QED) is 0.816. The van der Waals surface area contributed by atoms with Gasteiger partial charge in [0.25, 0.3) is 0 Å². The van der Waals surface area contributed by atoms with Gasteiger partial charge in [0.1, 0.15) is 0 Å². The molecule has 1 saturated carbocycles. The first kappa shape index (κ1) is 17.6. The minimum absolute atomic E-state index is 0.0571. The van der Waals surface area contributed by atoms with E-state index in [9.17, 15) is 4.79 Å². The van der Waals surface area contributed by atoms with Crippen molar-refractivity contribution in [3.05, 3.63) is 24.2 Å². The number of nitrogens with zero attached hydrogens (tertiary/aromatic N) is 6. The summed E-state index contributed by atoms with van der Waals surface area (Å²) in [6.45, 7) is 5.05. The minimum atomic E-state index is 0.0571. The molecule has 0 unspecified atom stereocenters. The normalized spacial score (nSPS) is 26.9. The van der Waals surface area contributed by atoms with Crippen molar-refractivity contribution in [2.24, 2.45) is 18.9 Å². The molecule has 2 aromatic heterocycles. The monoisotopic (exact) mass is 380 g/mol. The zero-order valence-corrected chi connectivity index (χ0v) is 16.7. The highest BCUT2D eigenvalue weighted by atomic mass is 16.2. The van der Waals surface area contributed by atoms with E-state index in [2.05, 4.69) is 21.7 Å². The molecule has 0 aromatic carbocycles. The Morgan fingerprint density at radius 3 is 2.71 bits per heavy atom. The molecule has 0 radical (unpaired) electrons. The van der Waals surface area contributed by atoms with Crippen LogP contribution < -0.4 is 4.90 Å². The van der Waals surface area contributed by atoms with Crippen LogP contribution in [0.25, 0.3) is 11.3 Å². The number of rotatable bonds is 4. The fourth-order valence-electron chi connectivity index (χ4n) is 4.71. The zero-order chi connectivity index (χ0) is 19.3. The van der Waals surface area contributed by atoms with Crippen molar-refractivity contribution in [3.63, 3.8) is 0 Å². The fourth-order valence-corrected chi connectivity index (χ4v) is 4.71. The Morgan fingerprint density at radius 2 is 1.96 bits per heavy atom. The second-order valence-corrected chi connectivity index (χ2v) is 8.55. The number of aromatic nitrogens is 4. The fraction of sp³-hybridized carbons (Fsp3) is 0.619. The molecule has 4 heterocycles. The van der Waals surface area contributed by atoms with Gasteiger partial charge in [0.15, 0.2) is 0 Å². The smallest absolute Gasteiger partial charge is 0.226 e. The van der Waals surface area contributed by atoms with E-state index in [0.717, 1.165) is 61.8 Å². The van der Waals surface area contributed by atoms with Crippen molar-refractivity contribution in [1.29, 1.82) is 0 Å². The van der Waals surface area contributed by atoms with Crippen LogP contribution in [0.3, 0.4) is 0 Å². The molecule has 0 spiro atoms. The summed E-state index contributed by atoms with van der Waals surface area (Å²) in [6.07, 6.45) is 9.32. The second kappa shape index (κ2) is 6.87. The third kappa shape index (κ3) is 3.06. The molecule has 2 saturated heterocycles. The summed E-state index contributed by atoms with van der Waals surface area (Å²) in [5.74, 6) is 1.86. The van der Waals surface area contributed by atoms with E-state index in [0.29, 0.717) is 11.8 Å². The molecular formula is C21H28N6O. The predicted octanol–water partition coefficient (Wildman–Crippen LogP) is 2.80. The maximum absolute atomic E-state index is 12.9. The molecule has 28 heavy (non-hydrogen) atoms. The Balaban J connectivity index is 1.47. The lowest BCUT2D eigenvalue weighted by molar-refractivity contribution is -0.133. The van der Waals surface area contributed by atoms with Gasteiger partial charge >= 0.3 is 0 Å². The molecule has 3 fully saturated rings. The largest absolute Gasteiger partial charge is 0.341 e. The Labute approximate surface area is 165 Å². The van der Waals surface area contributed by atoms with Crippen molar-refractivity contribution in [2.45, 2.75) is 45.1 Å². The third-order valence-corrected chi connectivity index (χ3v) is 6.44. The molecule has 1 amide bonds. The number of hydrogen-bond acceptors (Lipinski definition) is 5. The van der Waals surface area contributed by atoms with Crippen molar-refractivity contribution in [2.75, 3.05) is 24.5 Å². The molecule has 3 atom stereocenters. The Bertz CT molecular complexity index is 887. The summed E-state index contributed by atoms with van der Waals surface area (Å²) >= 11 is 0. The van der Waals surface area contributed by atoms with Crippen LogP contribution in [-0.2, 0) is 11.8 Å². The topological polar surface area (TPSA) is 67.2 Å². The van der Waals surface area contributed by atoms with Gasteiger partial charge in [-0.15, -0.1) is 0 Å². The average molecular weight is 380 g/mol. The molecule has 2 aromatic rings. The van der Waals surface area contributed by atoms with E-state index in [1.807, 2.05) is 30.2 Å². The summed E-state index contributed by atoms with van der Waals surface area (Å²) in [5.41, 5.74) is 2.91. The van der Waals surface area contributed by atoms with Crippen LogP contribution in [0.15, 0.2) is 18.5 Å². The van der Waals surface area contributed by atoms with Crippen LogP contribution >= 0.6 is 0 Å². The van der Waals surface area contributed by atoms with Crippen LogP contribution in [-0.4, -0.2) is 50.2 Å². The van der Waals surface area contributed by atoms with E-state index >= 15 is 0 Å². The van der Waals surface area contributed by atoms with Crippen LogP contribution in [0.2, 0.25) is 0 Å².